The van der Waals surface area contributed by atoms with Crippen molar-refractivity contribution in [3.8, 4) is 0 Å². The highest BCUT2D eigenvalue weighted by Crippen LogP contribution is 2.39. The van der Waals surface area contributed by atoms with Gasteiger partial charge in [0.25, 0.3) is 0 Å². The Bertz CT molecular complexity index is 795. The lowest BCUT2D eigenvalue weighted by Gasteiger charge is -2.23. The fraction of sp³-hybridized carbons (Fsp3) is 0.182. The Morgan fingerprint density at radius 2 is 2.04 bits per heavy atom. The maximum atomic E-state index is 5.51. The Balaban J connectivity index is 2.12. The van der Waals surface area contributed by atoms with E-state index in [2.05, 4.69) is 68.5 Å². The van der Waals surface area contributed by atoms with Crippen molar-refractivity contribution in [1.82, 2.24) is 0 Å². The molecule has 0 aliphatic heterocycles. The van der Waals surface area contributed by atoms with Crippen LogP contribution in [0.25, 0.3) is 5.57 Å². The van der Waals surface area contributed by atoms with E-state index in [4.69, 9.17) is 5.73 Å². The SMILES string of the molecule is CC1=CC(C2=CC=CC2)=C(c2cccc(C)c2)C/C1=C\C=C/N. The van der Waals surface area contributed by atoms with Crippen molar-refractivity contribution < 1.29 is 0 Å². The molecule has 2 aliphatic carbocycles. The summed E-state index contributed by atoms with van der Waals surface area (Å²) in [5, 5.41) is 0. The standard InChI is InChI=1S/C22H23N/c1-16-7-5-10-20(13-16)22-15-19(11-6-12-23)17(2)14-21(22)18-8-3-4-9-18/h3-8,10-14H,9,15,23H2,1-2H3/b12-6-,19-11+. The van der Waals surface area contributed by atoms with E-state index in [0.717, 1.165) is 12.8 Å². The van der Waals surface area contributed by atoms with Crippen LogP contribution in [-0.4, -0.2) is 0 Å². The smallest absolute Gasteiger partial charge is 0.00111 e. The predicted molar refractivity (Wildman–Crippen MR) is 99.7 cm³/mol. The summed E-state index contributed by atoms with van der Waals surface area (Å²) in [6.45, 7) is 4.34. The zero-order valence-electron chi connectivity index (χ0n) is 13.8. The zero-order valence-corrected chi connectivity index (χ0v) is 13.8. The minimum Gasteiger partial charge on any atom is -0.405 e. The van der Waals surface area contributed by atoms with Gasteiger partial charge in [0.1, 0.15) is 0 Å². The lowest BCUT2D eigenvalue weighted by atomic mass is 9.81. The topological polar surface area (TPSA) is 26.0 Å². The van der Waals surface area contributed by atoms with E-state index in [-0.39, 0.29) is 0 Å². The van der Waals surface area contributed by atoms with E-state index in [0.29, 0.717) is 0 Å². The molecule has 0 aromatic heterocycles. The molecule has 0 unspecified atom stereocenters. The van der Waals surface area contributed by atoms with Crippen LogP contribution in [0.3, 0.4) is 0 Å². The monoisotopic (exact) mass is 301 g/mol. The highest BCUT2D eigenvalue weighted by molar-refractivity contribution is 5.81. The second-order valence-corrected chi connectivity index (χ2v) is 6.17. The molecule has 0 radical (unpaired) electrons. The Kier molecular flexibility index (Phi) is 4.47. The summed E-state index contributed by atoms with van der Waals surface area (Å²) in [7, 11) is 0. The largest absolute Gasteiger partial charge is 0.405 e. The highest BCUT2D eigenvalue weighted by Gasteiger charge is 2.19. The van der Waals surface area contributed by atoms with Crippen molar-refractivity contribution >= 4 is 5.57 Å². The van der Waals surface area contributed by atoms with E-state index < -0.39 is 0 Å². The van der Waals surface area contributed by atoms with Crippen LogP contribution in [0.1, 0.15) is 30.9 Å². The quantitative estimate of drug-likeness (QED) is 0.796. The van der Waals surface area contributed by atoms with Gasteiger partial charge in [0.05, 0.1) is 0 Å². The Hall–Kier alpha value is -2.54. The van der Waals surface area contributed by atoms with Crippen LogP contribution in [0.5, 0.6) is 0 Å². The number of nitrogens with two attached hydrogens (primary N) is 1. The first kappa shape index (κ1) is 15.4. The molecule has 0 bridgehead atoms. The van der Waals surface area contributed by atoms with Gasteiger partial charge in [0.15, 0.2) is 0 Å². The molecule has 3 rings (SSSR count). The van der Waals surface area contributed by atoms with E-state index in [1.165, 1.54) is 39.0 Å². The summed E-state index contributed by atoms with van der Waals surface area (Å²) in [6.07, 6.45) is 16.6. The summed E-state index contributed by atoms with van der Waals surface area (Å²) in [4.78, 5) is 0. The van der Waals surface area contributed by atoms with Gasteiger partial charge in [-0.3, -0.25) is 0 Å². The van der Waals surface area contributed by atoms with Crippen molar-refractivity contribution in [2.75, 3.05) is 0 Å². The van der Waals surface area contributed by atoms with Gasteiger partial charge in [-0.15, -0.1) is 0 Å². The van der Waals surface area contributed by atoms with Crippen LogP contribution in [0.4, 0.5) is 0 Å². The average Bonchev–Trinajstić information content (AvgIpc) is 3.07. The summed E-state index contributed by atoms with van der Waals surface area (Å²) in [6, 6.07) is 8.79. The molecule has 23 heavy (non-hydrogen) atoms. The molecular formula is C22H23N. The number of aryl methyl sites for hydroxylation is 1. The minimum atomic E-state index is 0.947. The van der Waals surface area contributed by atoms with E-state index in [1.807, 2.05) is 6.08 Å². The molecule has 2 N–H and O–H groups in total. The number of hydrogen-bond donors (Lipinski definition) is 1. The summed E-state index contributed by atoms with van der Waals surface area (Å²) < 4.78 is 0. The Labute approximate surface area is 138 Å². The second-order valence-electron chi connectivity index (χ2n) is 6.17. The Morgan fingerprint density at radius 1 is 1.17 bits per heavy atom. The van der Waals surface area contributed by atoms with Crippen molar-refractivity contribution in [2.45, 2.75) is 26.7 Å². The molecular weight excluding hydrogens is 278 g/mol. The van der Waals surface area contributed by atoms with E-state index in [1.54, 1.807) is 6.20 Å². The van der Waals surface area contributed by atoms with E-state index in [9.17, 15) is 0 Å². The Morgan fingerprint density at radius 3 is 2.74 bits per heavy atom. The number of rotatable bonds is 3. The third-order valence-corrected chi connectivity index (χ3v) is 4.45. The summed E-state index contributed by atoms with van der Waals surface area (Å²) in [5.41, 5.74) is 15.0. The third kappa shape index (κ3) is 3.29. The van der Waals surface area contributed by atoms with Crippen LogP contribution in [-0.2, 0) is 0 Å². The maximum Gasteiger partial charge on any atom is -0.00111 e. The van der Waals surface area contributed by atoms with Gasteiger partial charge in [-0.2, -0.15) is 0 Å². The molecule has 116 valence electrons. The van der Waals surface area contributed by atoms with Gasteiger partial charge in [-0.1, -0.05) is 60.2 Å². The first-order valence-electron chi connectivity index (χ1n) is 8.11. The summed E-state index contributed by atoms with van der Waals surface area (Å²) in [5.74, 6) is 0. The molecule has 0 heterocycles. The van der Waals surface area contributed by atoms with Crippen LogP contribution in [0, 0.1) is 6.92 Å². The molecule has 0 saturated carbocycles. The van der Waals surface area contributed by atoms with Gasteiger partial charge in [0, 0.05) is 0 Å². The van der Waals surface area contributed by atoms with Crippen LogP contribution in [0.15, 0.2) is 89.2 Å². The molecule has 1 aromatic rings. The van der Waals surface area contributed by atoms with Gasteiger partial charge >= 0.3 is 0 Å². The molecule has 1 heteroatoms. The molecule has 0 spiro atoms. The van der Waals surface area contributed by atoms with Crippen LogP contribution < -0.4 is 5.73 Å². The highest BCUT2D eigenvalue weighted by atomic mass is 14.5. The third-order valence-electron chi connectivity index (χ3n) is 4.45. The van der Waals surface area contributed by atoms with Gasteiger partial charge < -0.3 is 5.73 Å². The van der Waals surface area contributed by atoms with Gasteiger partial charge in [0.2, 0.25) is 0 Å². The van der Waals surface area contributed by atoms with Crippen LogP contribution >= 0.6 is 0 Å². The molecule has 1 nitrogen and oxygen atoms in total. The molecule has 0 atom stereocenters. The lowest BCUT2D eigenvalue weighted by Crippen LogP contribution is -2.03. The molecule has 1 aromatic carbocycles. The minimum absolute atomic E-state index is 0.947. The van der Waals surface area contributed by atoms with E-state index >= 15 is 0 Å². The van der Waals surface area contributed by atoms with Crippen molar-refractivity contribution in [1.29, 1.82) is 0 Å². The molecule has 0 saturated heterocycles. The van der Waals surface area contributed by atoms with Crippen molar-refractivity contribution in [3.63, 3.8) is 0 Å². The normalized spacial score (nSPS) is 19.7. The maximum absolute atomic E-state index is 5.51. The fourth-order valence-corrected chi connectivity index (χ4v) is 3.21. The molecule has 0 amide bonds. The lowest BCUT2D eigenvalue weighted by molar-refractivity contribution is 1.14. The average molecular weight is 301 g/mol. The number of benzene rings is 1. The first-order valence-corrected chi connectivity index (χ1v) is 8.11. The predicted octanol–water partition coefficient (Wildman–Crippen LogP) is 5.38. The molecule has 0 fully saturated rings. The summed E-state index contributed by atoms with van der Waals surface area (Å²) >= 11 is 0. The van der Waals surface area contributed by atoms with Crippen molar-refractivity contribution in [2.24, 2.45) is 5.73 Å². The fourth-order valence-electron chi connectivity index (χ4n) is 3.21. The van der Waals surface area contributed by atoms with Crippen LogP contribution in [0.2, 0.25) is 0 Å². The zero-order chi connectivity index (χ0) is 16.2. The number of allylic oxidation sites excluding steroid dienone is 11. The first-order chi connectivity index (χ1) is 11.2. The second kappa shape index (κ2) is 6.70. The van der Waals surface area contributed by atoms with Gasteiger partial charge in [-0.05, 0) is 72.4 Å². The number of hydrogen-bond acceptors (Lipinski definition) is 1. The van der Waals surface area contributed by atoms with Gasteiger partial charge in [-0.25, -0.2) is 0 Å². The van der Waals surface area contributed by atoms with Crippen molar-refractivity contribution in [3.05, 3.63) is 100 Å². The molecule has 2 aliphatic rings.